The van der Waals surface area contributed by atoms with Crippen molar-refractivity contribution in [2.75, 3.05) is 26.4 Å². The summed E-state index contributed by atoms with van der Waals surface area (Å²) < 4.78 is 29.2. The Kier molecular flexibility index (Phi) is 15.4. The van der Waals surface area contributed by atoms with Gasteiger partial charge >= 0.3 is 7.82 Å². The van der Waals surface area contributed by atoms with Gasteiger partial charge in [0.15, 0.2) is 0 Å². The molecule has 0 heterocycles. The minimum absolute atomic E-state index is 0.0330. The molecule has 2 unspecified atom stereocenters. The minimum Gasteiger partial charge on any atom is -0.394 e. The van der Waals surface area contributed by atoms with Crippen molar-refractivity contribution in [2.24, 2.45) is 11.8 Å². The van der Waals surface area contributed by atoms with Crippen LogP contribution < -0.4 is 0 Å². The first-order valence-corrected chi connectivity index (χ1v) is 11.2. The van der Waals surface area contributed by atoms with E-state index in [1.807, 2.05) is 0 Å². The first kappa shape index (κ1) is 24.1. The highest BCUT2D eigenvalue weighted by Gasteiger charge is 2.29. The second kappa shape index (κ2) is 15.3. The Hall–Kier alpha value is 0.0700. The van der Waals surface area contributed by atoms with Crippen LogP contribution in [0, 0.1) is 11.8 Å². The first-order valence-electron chi connectivity index (χ1n) is 9.69. The van der Waals surface area contributed by atoms with Crippen LogP contribution >= 0.6 is 7.82 Å². The maximum Gasteiger partial charge on any atom is 0.474 e. The van der Waals surface area contributed by atoms with Gasteiger partial charge in [0.2, 0.25) is 0 Å². The predicted molar refractivity (Wildman–Crippen MR) is 99.2 cm³/mol. The number of unbranched alkanes of at least 4 members (excludes halogenated alkanes) is 2. The molecule has 0 aliphatic heterocycles. The monoisotopic (exact) mass is 366 g/mol. The predicted octanol–water partition coefficient (Wildman–Crippen LogP) is 5.57. The molecule has 0 fully saturated rings. The van der Waals surface area contributed by atoms with Crippen molar-refractivity contribution in [1.29, 1.82) is 0 Å². The van der Waals surface area contributed by atoms with Crippen molar-refractivity contribution in [3.05, 3.63) is 0 Å². The third-order valence-corrected chi connectivity index (χ3v) is 5.79. The van der Waals surface area contributed by atoms with E-state index in [4.69, 9.17) is 18.7 Å². The van der Waals surface area contributed by atoms with Crippen LogP contribution in [0.3, 0.4) is 0 Å². The highest BCUT2D eigenvalue weighted by atomic mass is 31.2. The zero-order chi connectivity index (χ0) is 18.3. The molecule has 0 amide bonds. The Balaban J connectivity index is 4.54. The van der Waals surface area contributed by atoms with Crippen molar-refractivity contribution >= 4 is 7.82 Å². The van der Waals surface area contributed by atoms with Crippen LogP contribution in [0.2, 0.25) is 0 Å². The van der Waals surface area contributed by atoms with Crippen molar-refractivity contribution in [2.45, 2.75) is 79.1 Å². The van der Waals surface area contributed by atoms with Gasteiger partial charge < -0.3 is 5.11 Å². The maximum absolute atomic E-state index is 12.8. The molecule has 0 saturated heterocycles. The summed E-state index contributed by atoms with van der Waals surface area (Å²) >= 11 is 0. The number of phosphoric ester groups is 1. The van der Waals surface area contributed by atoms with Crippen molar-refractivity contribution in [3.63, 3.8) is 0 Å². The average molecular weight is 366 g/mol. The number of aliphatic hydroxyl groups is 1. The van der Waals surface area contributed by atoms with Gasteiger partial charge in [-0.2, -0.15) is 0 Å². The van der Waals surface area contributed by atoms with Crippen LogP contribution in [0.1, 0.15) is 79.1 Å². The van der Waals surface area contributed by atoms with Crippen molar-refractivity contribution < 1.29 is 23.2 Å². The van der Waals surface area contributed by atoms with Gasteiger partial charge in [-0.1, -0.05) is 66.2 Å². The van der Waals surface area contributed by atoms with Gasteiger partial charge in [-0.05, 0) is 24.7 Å². The third kappa shape index (κ3) is 11.6. The summed E-state index contributed by atoms with van der Waals surface area (Å²) in [7, 11) is -3.59. The minimum atomic E-state index is -3.59. The largest absolute Gasteiger partial charge is 0.474 e. The normalized spacial score (nSPS) is 16.7. The van der Waals surface area contributed by atoms with E-state index in [0.29, 0.717) is 25.0 Å². The number of hydrogen-bond acceptors (Lipinski definition) is 5. The second-order valence-electron chi connectivity index (χ2n) is 6.43. The Bertz CT molecular complexity index is 301. The van der Waals surface area contributed by atoms with E-state index in [9.17, 15) is 4.57 Å². The van der Waals surface area contributed by atoms with E-state index in [1.165, 1.54) is 0 Å². The van der Waals surface area contributed by atoms with E-state index in [0.717, 1.165) is 51.4 Å². The van der Waals surface area contributed by atoms with Crippen LogP contribution in [-0.4, -0.2) is 31.5 Å². The molecular weight excluding hydrogens is 327 g/mol. The van der Waals surface area contributed by atoms with Crippen LogP contribution in [0.25, 0.3) is 0 Å². The molecule has 0 saturated carbocycles. The van der Waals surface area contributed by atoms with E-state index >= 15 is 0 Å². The van der Waals surface area contributed by atoms with Gasteiger partial charge in [0, 0.05) is 0 Å². The Morgan fingerprint density at radius 1 is 0.833 bits per heavy atom. The molecule has 0 radical (unpaired) electrons. The fourth-order valence-electron chi connectivity index (χ4n) is 2.45. The Morgan fingerprint density at radius 3 is 1.62 bits per heavy atom. The smallest absolute Gasteiger partial charge is 0.394 e. The highest BCUT2D eigenvalue weighted by Crippen LogP contribution is 2.50. The van der Waals surface area contributed by atoms with Crippen LogP contribution in [-0.2, 0) is 18.1 Å². The molecule has 2 atom stereocenters. The topological polar surface area (TPSA) is 65.0 Å². The van der Waals surface area contributed by atoms with Gasteiger partial charge in [0.25, 0.3) is 0 Å². The highest BCUT2D eigenvalue weighted by molar-refractivity contribution is 7.48. The van der Waals surface area contributed by atoms with Gasteiger partial charge in [-0.25, -0.2) is 4.57 Å². The third-order valence-electron chi connectivity index (χ3n) is 4.36. The SMILES string of the molecule is CCCCC(CC)COP(=O)(OCCO)OCC(CC)CCCC. The summed E-state index contributed by atoms with van der Waals surface area (Å²) in [5, 5.41) is 8.95. The van der Waals surface area contributed by atoms with Gasteiger partial charge in [0.1, 0.15) is 0 Å². The lowest BCUT2D eigenvalue weighted by atomic mass is 10.0. The van der Waals surface area contributed by atoms with E-state index in [1.54, 1.807) is 0 Å². The van der Waals surface area contributed by atoms with E-state index < -0.39 is 7.82 Å². The van der Waals surface area contributed by atoms with Crippen molar-refractivity contribution in [1.82, 2.24) is 0 Å². The molecule has 0 aromatic rings. The molecule has 0 rings (SSSR count). The first-order chi connectivity index (χ1) is 11.5. The summed E-state index contributed by atoms with van der Waals surface area (Å²) in [6.45, 7) is 9.07. The summed E-state index contributed by atoms with van der Waals surface area (Å²) in [6.07, 6.45) is 8.63. The lowest BCUT2D eigenvalue weighted by Gasteiger charge is -2.23. The lowest BCUT2D eigenvalue weighted by Crippen LogP contribution is -2.14. The molecule has 0 aliphatic rings. The molecule has 0 aromatic heterocycles. The molecule has 6 heteroatoms. The fourth-order valence-corrected chi connectivity index (χ4v) is 3.77. The molecule has 5 nitrogen and oxygen atoms in total. The van der Waals surface area contributed by atoms with E-state index in [2.05, 4.69) is 27.7 Å². The van der Waals surface area contributed by atoms with Crippen molar-refractivity contribution in [3.8, 4) is 0 Å². The summed E-state index contributed by atoms with van der Waals surface area (Å²) in [5.41, 5.74) is 0. The van der Waals surface area contributed by atoms with Gasteiger partial charge in [0.05, 0.1) is 26.4 Å². The summed E-state index contributed by atoms with van der Waals surface area (Å²) in [5.74, 6) is 0.725. The van der Waals surface area contributed by atoms with Gasteiger partial charge in [-0.15, -0.1) is 0 Å². The molecule has 0 bridgehead atoms. The molecule has 146 valence electrons. The fraction of sp³-hybridized carbons (Fsp3) is 1.00. The van der Waals surface area contributed by atoms with Crippen LogP contribution in [0.5, 0.6) is 0 Å². The number of aliphatic hydroxyl groups excluding tert-OH is 1. The van der Waals surface area contributed by atoms with Gasteiger partial charge in [-0.3, -0.25) is 13.6 Å². The zero-order valence-electron chi connectivity index (χ0n) is 16.2. The zero-order valence-corrected chi connectivity index (χ0v) is 17.1. The molecule has 0 spiro atoms. The molecule has 1 N–H and O–H groups in total. The molecule has 0 aliphatic carbocycles. The number of rotatable bonds is 17. The number of hydrogen-bond donors (Lipinski definition) is 1. The average Bonchev–Trinajstić information content (AvgIpc) is 2.60. The summed E-state index contributed by atoms with van der Waals surface area (Å²) in [4.78, 5) is 0. The van der Waals surface area contributed by atoms with Crippen LogP contribution in [0.15, 0.2) is 0 Å². The second-order valence-corrected chi connectivity index (χ2v) is 8.10. The quantitative estimate of drug-likeness (QED) is 0.341. The molecular formula is C18H39O5P. The molecule has 0 aromatic carbocycles. The number of phosphoric acid groups is 1. The Labute approximate surface area is 149 Å². The van der Waals surface area contributed by atoms with E-state index in [-0.39, 0.29) is 13.2 Å². The summed E-state index contributed by atoms with van der Waals surface area (Å²) in [6, 6.07) is 0. The molecule has 24 heavy (non-hydrogen) atoms. The standard InChI is InChI=1S/C18H39O5P/c1-5-9-11-17(7-3)15-22-24(20,21-14-13-19)23-16-18(8-4)12-10-6-2/h17-19H,5-16H2,1-4H3. The Morgan fingerprint density at radius 2 is 1.29 bits per heavy atom. The lowest BCUT2D eigenvalue weighted by molar-refractivity contribution is 0.0732. The maximum atomic E-state index is 12.8. The van der Waals surface area contributed by atoms with Crippen LogP contribution in [0.4, 0.5) is 0 Å².